The first-order valence-corrected chi connectivity index (χ1v) is 8.63. The molecule has 0 spiro atoms. The van der Waals surface area contributed by atoms with Crippen molar-refractivity contribution >= 4 is 22.8 Å². The molecule has 0 fully saturated rings. The van der Waals surface area contributed by atoms with Gasteiger partial charge in [-0.1, -0.05) is 42.5 Å². The quantitative estimate of drug-likeness (QED) is 0.613. The van der Waals surface area contributed by atoms with Crippen LogP contribution in [-0.2, 0) is 20.7 Å². The van der Waals surface area contributed by atoms with Crippen LogP contribution in [0.1, 0.15) is 11.6 Å². The monoisotopic (exact) mass is 381 g/mol. The number of aromatic nitrogens is 2. The summed E-state index contributed by atoms with van der Waals surface area (Å²) in [6, 6.07) is 14.4. The lowest BCUT2D eigenvalue weighted by Gasteiger charge is -2.19. The van der Waals surface area contributed by atoms with E-state index in [2.05, 4.69) is 15.0 Å². The van der Waals surface area contributed by atoms with Gasteiger partial charge >= 0.3 is 11.7 Å². The van der Waals surface area contributed by atoms with Gasteiger partial charge in [0.1, 0.15) is 12.6 Å². The Labute approximate surface area is 159 Å². The number of aromatic amines is 1. The van der Waals surface area contributed by atoms with E-state index in [0.29, 0.717) is 10.9 Å². The number of benzene rings is 2. The zero-order valence-electron chi connectivity index (χ0n) is 15.2. The normalized spacial score (nSPS) is 11.8. The van der Waals surface area contributed by atoms with Crippen LogP contribution < -0.4 is 16.6 Å². The molecule has 2 aromatic carbocycles. The number of fused-ring (bicyclic) bond motifs is 1. The minimum absolute atomic E-state index is 0.106. The number of esters is 1. The molecule has 1 heterocycles. The Morgan fingerprint density at radius 3 is 2.46 bits per heavy atom. The Balaban J connectivity index is 2.07. The zero-order chi connectivity index (χ0) is 20.1. The SMILES string of the molecule is COC(=O)CNC(=O)[C@@H](Cc1ccccc1)n1c(=O)[nH]c2ccccc2c1=O. The Morgan fingerprint density at radius 1 is 1.07 bits per heavy atom. The minimum atomic E-state index is -1.13. The first kappa shape index (κ1) is 19.1. The van der Waals surface area contributed by atoms with Crippen LogP contribution in [-0.4, -0.2) is 35.1 Å². The Morgan fingerprint density at radius 2 is 1.75 bits per heavy atom. The lowest BCUT2D eigenvalue weighted by molar-refractivity contribution is -0.141. The lowest BCUT2D eigenvalue weighted by atomic mass is 10.0. The second-order valence-electron chi connectivity index (χ2n) is 6.15. The molecule has 2 N–H and O–H groups in total. The third-order valence-corrected chi connectivity index (χ3v) is 4.36. The molecule has 0 aliphatic rings. The van der Waals surface area contributed by atoms with Gasteiger partial charge in [0, 0.05) is 6.42 Å². The number of carbonyl (C=O) groups is 2. The van der Waals surface area contributed by atoms with Crippen LogP contribution in [0.25, 0.3) is 10.9 Å². The number of nitrogens with one attached hydrogen (secondary N) is 2. The summed E-state index contributed by atoms with van der Waals surface area (Å²) in [5, 5.41) is 2.72. The van der Waals surface area contributed by atoms with Crippen molar-refractivity contribution in [3.8, 4) is 0 Å². The van der Waals surface area contributed by atoms with Gasteiger partial charge in [0.05, 0.1) is 18.0 Å². The van der Waals surface area contributed by atoms with E-state index in [1.807, 2.05) is 6.07 Å². The molecule has 0 saturated carbocycles. The summed E-state index contributed by atoms with van der Waals surface area (Å²) in [5.41, 5.74) is -0.117. The molecule has 0 unspecified atom stereocenters. The standard InChI is InChI=1S/C20H19N3O5/c1-28-17(24)12-21-18(25)16(11-13-7-3-2-4-8-13)23-19(26)14-9-5-6-10-15(14)22-20(23)27/h2-10,16H,11-12H2,1H3,(H,21,25)(H,22,27)/t16-/m1/s1. The molecule has 8 heteroatoms. The predicted octanol–water partition coefficient (Wildman–Crippen LogP) is 0.763. The van der Waals surface area contributed by atoms with Crippen molar-refractivity contribution in [2.24, 2.45) is 0 Å². The molecule has 0 aliphatic heterocycles. The van der Waals surface area contributed by atoms with Crippen LogP contribution >= 0.6 is 0 Å². The van der Waals surface area contributed by atoms with Crippen LogP contribution in [0, 0.1) is 0 Å². The molecule has 0 saturated heterocycles. The molecule has 0 bridgehead atoms. The van der Waals surface area contributed by atoms with E-state index in [1.165, 1.54) is 7.11 Å². The van der Waals surface area contributed by atoms with E-state index in [-0.39, 0.29) is 13.0 Å². The largest absolute Gasteiger partial charge is 0.468 e. The number of ether oxygens (including phenoxy) is 1. The van der Waals surface area contributed by atoms with Gasteiger partial charge in [-0.25, -0.2) is 9.36 Å². The molecule has 3 aromatic rings. The molecule has 8 nitrogen and oxygen atoms in total. The maximum Gasteiger partial charge on any atom is 0.329 e. The van der Waals surface area contributed by atoms with E-state index in [9.17, 15) is 19.2 Å². The molecule has 144 valence electrons. The first-order chi connectivity index (χ1) is 13.5. The average molecular weight is 381 g/mol. The second kappa shape index (κ2) is 8.34. The minimum Gasteiger partial charge on any atom is -0.468 e. The highest BCUT2D eigenvalue weighted by Gasteiger charge is 2.25. The van der Waals surface area contributed by atoms with Crippen molar-refractivity contribution in [2.75, 3.05) is 13.7 Å². The van der Waals surface area contributed by atoms with Gasteiger partial charge in [0.2, 0.25) is 5.91 Å². The number of rotatable bonds is 6. The summed E-state index contributed by atoms with van der Waals surface area (Å²) in [4.78, 5) is 52.3. The van der Waals surface area contributed by atoms with Gasteiger partial charge in [0.15, 0.2) is 0 Å². The van der Waals surface area contributed by atoms with E-state index >= 15 is 0 Å². The lowest BCUT2D eigenvalue weighted by Crippen LogP contribution is -2.46. The summed E-state index contributed by atoms with van der Waals surface area (Å²) in [6.07, 6.45) is 0.106. The Kier molecular flexibility index (Phi) is 5.69. The van der Waals surface area contributed by atoms with Gasteiger partial charge < -0.3 is 15.0 Å². The Bertz CT molecular complexity index is 1120. The number of hydrogen-bond acceptors (Lipinski definition) is 5. The second-order valence-corrected chi connectivity index (χ2v) is 6.15. The Hall–Kier alpha value is -3.68. The van der Waals surface area contributed by atoms with Gasteiger partial charge in [0.25, 0.3) is 5.56 Å². The molecule has 1 amide bonds. The summed E-state index contributed by atoms with van der Waals surface area (Å²) in [7, 11) is 1.20. The van der Waals surface area contributed by atoms with E-state index in [1.54, 1.807) is 48.5 Å². The highest BCUT2D eigenvalue weighted by molar-refractivity contribution is 5.85. The van der Waals surface area contributed by atoms with Crippen LogP contribution in [0.15, 0.2) is 64.2 Å². The summed E-state index contributed by atoms with van der Waals surface area (Å²) in [6.45, 7) is -0.360. The van der Waals surface area contributed by atoms with Gasteiger partial charge in [-0.3, -0.25) is 14.4 Å². The molecule has 1 aromatic heterocycles. The molecule has 1 atom stereocenters. The van der Waals surface area contributed by atoms with Crippen LogP contribution in [0.3, 0.4) is 0 Å². The number of para-hydroxylation sites is 1. The van der Waals surface area contributed by atoms with E-state index < -0.39 is 29.2 Å². The van der Waals surface area contributed by atoms with Crippen molar-refractivity contribution in [3.63, 3.8) is 0 Å². The molecule has 28 heavy (non-hydrogen) atoms. The fraction of sp³-hybridized carbons (Fsp3) is 0.200. The van der Waals surface area contributed by atoms with Crippen LogP contribution in [0.2, 0.25) is 0 Å². The number of H-pyrrole nitrogens is 1. The van der Waals surface area contributed by atoms with E-state index in [4.69, 9.17) is 0 Å². The number of hydrogen-bond donors (Lipinski definition) is 2. The smallest absolute Gasteiger partial charge is 0.329 e. The molecule has 3 rings (SSSR count). The van der Waals surface area contributed by atoms with Crippen LogP contribution in [0.5, 0.6) is 0 Å². The number of methoxy groups -OCH3 is 1. The predicted molar refractivity (Wildman–Crippen MR) is 103 cm³/mol. The van der Waals surface area contributed by atoms with Gasteiger partial charge in [-0.15, -0.1) is 0 Å². The van der Waals surface area contributed by atoms with Crippen molar-refractivity contribution in [2.45, 2.75) is 12.5 Å². The first-order valence-electron chi connectivity index (χ1n) is 8.63. The molecular formula is C20H19N3O5. The van der Waals surface area contributed by atoms with E-state index in [0.717, 1.165) is 10.1 Å². The highest BCUT2D eigenvalue weighted by Crippen LogP contribution is 2.13. The highest BCUT2D eigenvalue weighted by atomic mass is 16.5. The van der Waals surface area contributed by atoms with Crippen molar-refractivity contribution in [1.29, 1.82) is 0 Å². The molecule has 0 radical (unpaired) electrons. The van der Waals surface area contributed by atoms with Crippen molar-refractivity contribution in [3.05, 3.63) is 81.0 Å². The number of carbonyl (C=O) groups excluding carboxylic acids is 2. The topological polar surface area (TPSA) is 110 Å². The van der Waals surface area contributed by atoms with Gasteiger partial charge in [-0.05, 0) is 17.7 Å². The average Bonchev–Trinajstić information content (AvgIpc) is 2.71. The van der Waals surface area contributed by atoms with Crippen LogP contribution in [0.4, 0.5) is 0 Å². The maximum atomic E-state index is 13.0. The maximum absolute atomic E-state index is 13.0. The fourth-order valence-electron chi connectivity index (χ4n) is 2.95. The summed E-state index contributed by atoms with van der Waals surface area (Å²) < 4.78 is 5.41. The van der Waals surface area contributed by atoms with Gasteiger partial charge in [-0.2, -0.15) is 0 Å². The number of amides is 1. The number of nitrogens with zero attached hydrogens (tertiary/aromatic N) is 1. The molecular weight excluding hydrogens is 362 g/mol. The third-order valence-electron chi connectivity index (χ3n) is 4.36. The molecule has 0 aliphatic carbocycles. The third kappa shape index (κ3) is 4.01. The fourth-order valence-corrected chi connectivity index (χ4v) is 2.95. The summed E-state index contributed by atoms with van der Waals surface area (Å²) in [5.74, 6) is -1.26. The zero-order valence-corrected chi connectivity index (χ0v) is 15.2. The summed E-state index contributed by atoms with van der Waals surface area (Å²) >= 11 is 0. The van der Waals surface area contributed by atoms with Crippen molar-refractivity contribution < 1.29 is 14.3 Å². The van der Waals surface area contributed by atoms with Crippen molar-refractivity contribution in [1.82, 2.24) is 14.9 Å².